The number of halogens is 3. The van der Waals surface area contributed by atoms with E-state index in [0.717, 1.165) is 0 Å². The van der Waals surface area contributed by atoms with Gasteiger partial charge in [-0.15, -0.1) is 0 Å². The zero-order valence-corrected chi connectivity index (χ0v) is 10.5. The number of hydrogen-bond donors (Lipinski definition) is 2. The van der Waals surface area contributed by atoms with Crippen molar-refractivity contribution in [3.8, 4) is 0 Å². The van der Waals surface area contributed by atoms with Gasteiger partial charge in [-0.3, -0.25) is 9.69 Å². The SMILES string of the molecule is CN(CCC(F)(F)F)CC(=O)Nc1cccc(N)c1. The average Bonchev–Trinajstić information content (AvgIpc) is 2.25. The van der Waals surface area contributed by atoms with Crippen LogP contribution in [0.15, 0.2) is 24.3 Å². The standard InChI is InChI=1S/C12H16F3N3O/c1-18(6-5-12(13,14)15)8-11(19)17-10-4-2-3-9(16)7-10/h2-4,7H,5-6,8,16H2,1H3,(H,17,19). The molecule has 0 saturated heterocycles. The molecule has 1 amide bonds. The number of amides is 1. The minimum Gasteiger partial charge on any atom is -0.399 e. The van der Waals surface area contributed by atoms with Crippen LogP contribution in [0.25, 0.3) is 0 Å². The summed E-state index contributed by atoms with van der Waals surface area (Å²) in [5.74, 6) is -0.379. The van der Waals surface area contributed by atoms with Crippen molar-refractivity contribution in [3.05, 3.63) is 24.3 Å². The lowest BCUT2D eigenvalue weighted by Gasteiger charge is -2.17. The van der Waals surface area contributed by atoms with Gasteiger partial charge in [0, 0.05) is 17.9 Å². The first-order chi connectivity index (χ1) is 8.76. The largest absolute Gasteiger partial charge is 0.399 e. The Morgan fingerprint density at radius 2 is 2.11 bits per heavy atom. The first kappa shape index (κ1) is 15.3. The van der Waals surface area contributed by atoms with Crippen molar-refractivity contribution in [2.24, 2.45) is 0 Å². The highest BCUT2D eigenvalue weighted by Gasteiger charge is 2.27. The highest BCUT2D eigenvalue weighted by molar-refractivity contribution is 5.92. The molecular formula is C12H16F3N3O. The van der Waals surface area contributed by atoms with Crippen molar-refractivity contribution in [1.29, 1.82) is 0 Å². The number of nitrogen functional groups attached to an aromatic ring is 1. The second kappa shape index (κ2) is 6.42. The van der Waals surface area contributed by atoms with Gasteiger partial charge < -0.3 is 11.1 Å². The molecule has 3 N–H and O–H groups in total. The predicted molar refractivity (Wildman–Crippen MR) is 67.7 cm³/mol. The lowest BCUT2D eigenvalue weighted by atomic mass is 10.3. The lowest BCUT2D eigenvalue weighted by molar-refractivity contribution is -0.138. The molecule has 106 valence electrons. The fraction of sp³-hybridized carbons (Fsp3) is 0.417. The molecule has 0 aromatic heterocycles. The second-order valence-electron chi connectivity index (χ2n) is 4.28. The molecule has 0 atom stereocenters. The smallest absolute Gasteiger partial charge is 0.390 e. The Kier molecular flexibility index (Phi) is 5.17. The maximum Gasteiger partial charge on any atom is 0.390 e. The van der Waals surface area contributed by atoms with Gasteiger partial charge in [-0.25, -0.2) is 0 Å². The summed E-state index contributed by atoms with van der Waals surface area (Å²) in [6.45, 7) is -0.321. The molecule has 0 aliphatic heterocycles. The molecule has 4 nitrogen and oxygen atoms in total. The number of rotatable bonds is 5. The van der Waals surface area contributed by atoms with E-state index >= 15 is 0 Å². The number of carbonyl (C=O) groups excluding carboxylic acids is 1. The van der Waals surface area contributed by atoms with Crippen LogP contribution in [-0.2, 0) is 4.79 Å². The summed E-state index contributed by atoms with van der Waals surface area (Å²) in [7, 11) is 1.46. The lowest BCUT2D eigenvalue weighted by Crippen LogP contribution is -2.32. The molecule has 0 fully saturated rings. The van der Waals surface area contributed by atoms with Gasteiger partial charge in [-0.05, 0) is 25.2 Å². The summed E-state index contributed by atoms with van der Waals surface area (Å²) in [4.78, 5) is 12.9. The van der Waals surface area contributed by atoms with Crippen molar-refractivity contribution in [2.75, 3.05) is 31.2 Å². The van der Waals surface area contributed by atoms with Crippen LogP contribution in [0.5, 0.6) is 0 Å². The number of hydrogen-bond acceptors (Lipinski definition) is 3. The highest BCUT2D eigenvalue weighted by Crippen LogP contribution is 2.19. The van der Waals surface area contributed by atoms with Gasteiger partial charge in [-0.2, -0.15) is 13.2 Å². The van der Waals surface area contributed by atoms with Gasteiger partial charge in [0.05, 0.1) is 13.0 Å². The fourth-order valence-corrected chi connectivity index (χ4v) is 1.46. The first-order valence-corrected chi connectivity index (χ1v) is 5.67. The average molecular weight is 275 g/mol. The third kappa shape index (κ3) is 6.66. The molecule has 1 aromatic rings. The van der Waals surface area contributed by atoms with Gasteiger partial charge in [0.15, 0.2) is 0 Å². The van der Waals surface area contributed by atoms with E-state index < -0.39 is 12.6 Å². The zero-order chi connectivity index (χ0) is 14.5. The van der Waals surface area contributed by atoms with Crippen molar-refractivity contribution in [1.82, 2.24) is 4.90 Å². The number of alkyl halides is 3. The quantitative estimate of drug-likeness (QED) is 0.809. The van der Waals surface area contributed by atoms with Crippen LogP contribution < -0.4 is 11.1 Å². The molecule has 0 bridgehead atoms. The van der Waals surface area contributed by atoms with Crippen LogP contribution in [0.3, 0.4) is 0 Å². The number of anilines is 2. The summed E-state index contributed by atoms with van der Waals surface area (Å²) in [6.07, 6.45) is -5.15. The Balaban J connectivity index is 2.39. The molecule has 0 spiro atoms. The molecule has 7 heteroatoms. The molecule has 0 heterocycles. The second-order valence-corrected chi connectivity index (χ2v) is 4.28. The predicted octanol–water partition coefficient (Wildman–Crippen LogP) is 2.09. The van der Waals surface area contributed by atoms with Crippen LogP contribution in [-0.4, -0.2) is 37.1 Å². The number of nitrogens with zero attached hydrogens (tertiary/aromatic N) is 1. The fourth-order valence-electron chi connectivity index (χ4n) is 1.46. The van der Waals surface area contributed by atoms with Crippen molar-refractivity contribution < 1.29 is 18.0 Å². The summed E-state index contributed by atoms with van der Waals surface area (Å²) >= 11 is 0. The van der Waals surface area contributed by atoms with Crippen molar-refractivity contribution >= 4 is 17.3 Å². The van der Waals surface area contributed by atoms with Gasteiger partial charge in [0.25, 0.3) is 0 Å². The van der Waals surface area contributed by atoms with E-state index in [4.69, 9.17) is 5.73 Å². The van der Waals surface area contributed by atoms with E-state index in [-0.39, 0.29) is 19.0 Å². The number of nitrogens with one attached hydrogen (secondary N) is 1. The Morgan fingerprint density at radius 1 is 1.42 bits per heavy atom. The van der Waals surface area contributed by atoms with Crippen LogP contribution in [0.4, 0.5) is 24.5 Å². The Labute approximate surface area is 109 Å². The van der Waals surface area contributed by atoms with E-state index in [1.165, 1.54) is 11.9 Å². The number of likely N-dealkylation sites (N-methyl/N-ethyl adjacent to an activating group) is 1. The van der Waals surface area contributed by atoms with E-state index in [9.17, 15) is 18.0 Å². The highest BCUT2D eigenvalue weighted by atomic mass is 19.4. The minimum atomic E-state index is -4.21. The van der Waals surface area contributed by atoms with E-state index in [1.807, 2.05) is 0 Å². The Bertz CT molecular complexity index is 434. The molecule has 1 aromatic carbocycles. The molecule has 0 radical (unpaired) electrons. The van der Waals surface area contributed by atoms with Gasteiger partial charge in [-0.1, -0.05) is 6.07 Å². The minimum absolute atomic E-state index is 0.106. The normalized spacial score (nSPS) is 11.6. The topological polar surface area (TPSA) is 58.4 Å². The van der Waals surface area contributed by atoms with Crippen LogP contribution in [0, 0.1) is 0 Å². The van der Waals surface area contributed by atoms with Crippen LogP contribution in [0.2, 0.25) is 0 Å². The molecule has 0 unspecified atom stereocenters. The zero-order valence-electron chi connectivity index (χ0n) is 10.5. The number of benzene rings is 1. The number of carbonyl (C=O) groups is 1. The van der Waals surface area contributed by atoms with Gasteiger partial charge in [0.2, 0.25) is 5.91 Å². The first-order valence-electron chi connectivity index (χ1n) is 5.67. The van der Waals surface area contributed by atoms with E-state index in [1.54, 1.807) is 24.3 Å². The van der Waals surface area contributed by atoms with Crippen LogP contribution >= 0.6 is 0 Å². The summed E-state index contributed by atoms with van der Waals surface area (Å²) in [5, 5.41) is 2.57. The molecule has 0 saturated carbocycles. The van der Waals surface area contributed by atoms with Gasteiger partial charge in [0.1, 0.15) is 0 Å². The van der Waals surface area contributed by atoms with Crippen molar-refractivity contribution in [2.45, 2.75) is 12.6 Å². The molecule has 0 aliphatic rings. The molecule has 1 rings (SSSR count). The van der Waals surface area contributed by atoms with Gasteiger partial charge >= 0.3 is 6.18 Å². The monoisotopic (exact) mass is 275 g/mol. The summed E-state index contributed by atoms with van der Waals surface area (Å²) in [6, 6.07) is 6.58. The molecular weight excluding hydrogens is 259 g/mol. The van der Waals surface area contributed by atoms with Crippen LogP contribution in [0.1, 0.15) is 6.42 Å². The maximum absolute atomic E-state index is 12.0. The summed E-state index contributed by atoms with van der Waals surface area (Å²) < 4.78 is 36.0. The Morgan fingerprint density at radius 3 is 2.68 bits per heavy atom. The number of nitrogens with two attached hydrogens (primary N) is 1. The maximum atomic E-state index is 12.0. The summed E-state index contributed by atoms with van der Waals surface area (Å²) in [5.41, 5.74) is 6.57. The molecule has 19 heavy (non-hydrogen) atoms. The Hall–Kier alpha value is -1.76. The van der Waals surface area contributed by atoms with E-state index in [0.29, 0.717) is 11.4 Å². The molecule has 0 aliphatic carbocycles. The third-order valence-electron chi connectivity index (χ3n) is 2.36. The third-order valence-corrected chi connectivity index (χ3v) is 2.36. The van der Waals surface area contributed by atoms with E-state index in [2.05, 4.69) is 5.32 Å². The van der Waals surface area contributed by atoms with Crippen molar-refractivity contribution in [3.63, 3.8) is 0 Å².